The van der Waals surface area contributed by atoms with Crippen molar-refractivity contribution in [3.63, 3.8) is 0 Å². The van der Waals surface area contributed by atoms with Gasteiger partial charge in [0.05, 0.1) is 0 Å². The quantitative estimate of drug-likeness (QED) is 0.664. The molecule has 0 saturated carbocycles. The van der Waals surface area contributed by atoms with E-state index < -0.39 is 11.2 Å². The molecule has 1 atom stereocenters. The van der Waals surface area contributed by atoms with Crippen LogP contribution in [0.3, 0.4) is 0 Å². The van der Waals surface area contributed by atoms with Gasteiger partial charge < -0.3 is 0 Å². The Hall–Kier alpha value is -2.69. The van der Waals surface area contributed by atoms with E-state index in [2.05, 4.69) is 17.1 Å². The summed E-state index contributed by atoms with van der Waals surface area (Å²) >= 11 is 0. The highest BCUT2D eigenvalue weighted by molar-refractivity contribution is 6.09. The fraction of sp³-hybridized carbons (Fsp3) is 0.381. The van der Waals surface area contributed by atoms with Gasteiger partial charge in [0.2, 0.25) is 5.78 Å². The van der Waals surface area contributed by atoms with Gasteiger partial charge in [-0.3, -0.25) is 19.1 Å². The van der Waals surface area contributed by atoms with E-state index in [0.29, 0.717) is 24.1 Å². The molecule has 0 bridgehead atoms. The summed E-state index contributed by atoms with van der Waals surface area (Å²) in [5, 5.41) is 0. The van der Waals surface area contributed by atoms with Gasteiger partial charge in [-0.25, -0.2) is 4.79 Å². The molecule has 0 amide bonds. The average molecular weight is 352 g/mol. The van der Waals surface area contributed by atoms with Crippen LogP contribution in [0.4, 0.5) is 0 Å². The van der Waals surface area contributed by atoms with Crippen molar-refractivity contribution in [2.75, 3.05) is 0 Å². The van der Waals surface area contributed by atoms with Crippen LogP contribution in [0.1, 0.15) is 52.5 Å². The number of H-pyrrole nitrogens is 1. The standard InChI is InChI=1S/C21H24N2O3/c1-4-17-18(19(24)16-10-13(2)9-14(3)11-16)23(21(26)22-20(17)25)12-15-7-5-6-8-15/h5,7,9-11,15H,4,6,8,12H2,1-3H3,(H,22,25,26). The smallest absolute Gasteiger partial charge is 0.289 e. The number of hydrogen-bond donors (Lipinski definition) is 1. The molecule has 0 radical (unpaired) electrons. The number of rotatable bonds is 5. The summed E-state index contributed by atoms with van der Waals surface area (Å²) in [7, 11) is 0. The Morgan fingerprint density at radius 1 is 1.19 bits per heavy atom. The number of benzene rings is 1. The van der Waals surface area contributed by atoms with Gasteiger partial charge in [-0.15, -0.1) is 0 Å². The molecule has 5 heteroatoms. The summed E-state index contributed by atoms with van der Waals surface area (Å²) in [6.45, 7) is 6.09. The van der Waals surface area contributed by atoms with Crippen LogP contribution < -0.4 is 11.2 Å². The summed E-state index contributed by atoms with van der Waals surface area (Å²) in [6, 6.07) is 5.60. The third-order valence-electron chi connectivity index (χ3n) is 4.88. The number of hydrogen-bond acceptors (Lipinski definition) is 3. The van der Waals surface area contributed by atoms with Crippen molar-refractivity contribution < 1.29 is 4.79 Å². The summed E-state index contributed by atoms with van der Waals surface area (Å²) in [6.07, 6.45) is 6.48. The summed E-state index contributed by atoms with van der Waals surface area (Å²) in [5.74, 6) is -0.0621. The Morgan fingerprint density at radius 3 is 2.46 bits per heavy atom. The molecule has 5 nitrogen and oxygen atoms in total. The van der Waals surface area contributed by atoms with Gasteiger partial charge in [0.15, 0.2) is 0 Å². The van der Waals surface area contributed by atoms with Crippen molar-refractivity contribution >= 4 is 5.78 Å². The number of carbonyl (C=O) groups is 1. The molecule has 0 fully saturated rings. The lowest BCUT2D eigenvalue weighted by molar-refractivity contribution is 0.102. The number of aromatic amines is 1. The van der Waals surface area contributed by atoms with Crippen molar-refractivity contribution in [1.82, 2.24) is 9.55 Å². The SMILES string of the molecule is CCc1c(C(=O)c2cc(C)cc(C)c2)n(CC2C=CCC2)c(=O)[nH]c1=O. The third kappa shape index (κ3) is 3.47. The van der Waals surface area contributed by atoms with Crippen molar-refractivity contribution in [1.29, 1.82) is 0 Å². The van der Waals surface area contributed by atoms with Crippen molar-refractivity contribution in [3.05, 3.63) is 79.1 Å². The van der Waals surface area contributed by atoms with E-state index in [1.807, 2.05) is 26.8 Å². The van der Waals surface area contributed by atoms with Crippen LogP contribution in [0.15, 0.2) is 39.9 Å². The molecular weight excluding hydrogens is 328 g/mol. The highest BCUT2D eigenvalue weighted by atomic mass is 16.2. The second-order valence-corrected chi connectivity index (χ2v) is 7.02. The van der Waals surface area contributed by atoms with E-state index in [1.165, 1.54) is 4.57 Å². The molecule has 1 aliphatic carbocycles. The Bertz CT molecular complexity index is 975. The Labute approximate surface area is 152 Å². The van der Waals surface area contributed by atoms with Crippen molar-refractivity contribution in [3.8, 4) is 0 Å². The maximum absolute atomic E-state index is 13.3. The number of nitrogens with zero attached hydrogens (tertiary/aromatic N) is 1. The molecule has 0 saturated heterocycles. The van der Waals surface area contributed by atoms with Crippen molar-refractivity contribution in [2.24, 2.45) is 5.92 Å². The van der Waals surface area contributed by atoms with Gasteiger partial charge in [0.1, 0.15) is 5.69 Å². The molecule has 26 heavy (non-hydrogen) atoms. The van der Waals surface area contributed by atoms with E-state index in [1.54, 1.807) is 12.1 Å². The molecule has 136 valence electrons. The Morgan fingerprint density at radius 2 is 1.88 bits per heavy atom. The van der Waals surface area contributed by atoms with Gasteiger partial charge in [-0.1, -0.05) is 36.3 Å². The highest BCUT2D eigenvalue weighted by Gasteiger charge is 2.23. The van der Waals surface area contributed by atoms with Crippen LogP contribution in [0.25, 0.3) is 0 Å². The molecular formula is C21H24N2O3. The fourth-order valence-corrected chi connectivity index (χ4v) is 3.70. The summed E-state index contributed by atoms with van der Waals surface area (Å²) in [4.78, 5) is 40.5. The molecule has 1 aromatic heterocycles. The zero-order valence-corrected chi connectivity index (χ0v) is 15.5. The van der Waals surface area contributed by atoms with E-state index >= 15 is 0 Å². The van der Waals surface area contributed by atoms with Crippen LogP contribution in [-0.4, -0.2) is 15.3 Å². The highest BCUT2D eigenvalue weighted by Crippen LogP contribution is 2.21. The first-order valence-corrected chi connectivity index (χ1v) is 9.06. The zero-order chi connectivity index (χ0) is 18.8. The lowest BCUT2D eigenvalue weighted by Crippen LogP contribution is -2.38. The lowest BCUT2D eigenvalue weighted by atomic mass is 9.98. The topological polar surface area (TPSA) is 71.9 Å². The number of ketones is 1. The minimum Gasteiger partial charge on any atom is -0.289 e. The third-order valence-corrected chi connectivity index (χ3v) is 4.88. The molecule has 1 unspecified atom stereocenters. The van der Waals surface area contributed by atoms with Crippen LogP contribution in [0, 0.1) is 19.8 Å². The van der Waals surface area contributed by atoms with Gasteiger partial charge in [-0.05, 0) is 51.2 Å². The maximum atomic E-state index is 13.3. The molecule has 1 heterocycles. The largest absolute Gasteiger partial charge is 0.328 e. The first-order chi connectivity index (χ1) is 12.4. The normalized spacial score (nSPS) is 16.2. The number of nitrogens with one attached hydrogen (secondary N) is 1. The molecule has 0 spiro atoms. The van der Waals surface area contributed by atoms with Crippen molar-refractivity contribution in [2.45, 2.75) is 46.6 Å². The molecule has 3 rings (SSSR count). The van der Waals surface area contributed by atoms with Crippen LogP contribution >= 0.6 is 0 Å². The monoisotopic (exact) mass is 352 g/mol. The molecule has 1 N–H and O–H groups in total. The molecule has 1 aromatic carbocycles. The predicted molar refractivity (Wildman–Crippen MR) is 102 cm³/mol. The number of allylic oxidation sites excluding steroid dienone is 2. The first kappa shape index (κ1) is 18.1. The number of aromatic nitrogens is 2. The summed E-state index contributed by atoms with van der Waals surface area (Å²) in [5.41, 5.74) is 2.08. The van der Waals surface area contributed by atoms with Crippen LogP contribution in [0.2, 0.25) is 0 Å². The van der Waals surface area contributed by atoms with Gasteiger partial charge in [-0.2, -0.15) is 0 Å². The maximum Gasteiger partial charge on any atom is 0.328 e. The zero-order valence-electron chi connectivity index (χ0n) is 15.5. The average Bonchev–Trinajstić information content (AvgIpc) is 3.08. The molecule has 1 aliphatic rings. The van der Waals surface area contributed by atoms with E-state index in [-0.39, 0.29) is 17.4 Å². The number of carbonyl (C=O) groups excluding carboxylic acids is 1. The van der Waals surface area contributed by atoms with Gasteiger partial charge >= 0.3 is 5.69 Å². The molecule has 2 aromatic rings. The molecule has 0 aliphatic heterocycles. The van der Waals surface area contributed by atoms with E-state index in [0.717, 1.165) is 24.0 Å². The summed E-state index contributed by atoms with van der Waals surface area (Å²) < 4.78 is 1.46. The van der Waals surface area contributed by atoms with Gasteiger partial charge in [0, 0.05) is 17.7 Å². The second-order valence-electron chi connectivity index (χ2n) is 7.02. The van der Waals surface area contributed by atoms with E-state index in [9.17, 15) is 14.4 Å². The predicted octanol–water partition coefficient (Wildman–Crippen LogP) is 2.91. The number of aryl methyl sites for hydroxylation is 2. The Balaban J connectivity index is 2.19. The first-order valence-electron chi connectivity index (χ1n) is 9.06. The van der Waals surface area contributed by atoms with Gasteiger partial charge in [0.25, 0.3) is 5.56 Å². The van der Waals surface area contributed by atoms with E-state index in [4.69, 9.17) is 0 Å². The van der Waals surface area contributed by atoms with Crippen LogP contribution in [-0.2, 0) is 13.0 Å². The fourth-order valence-electron chi connectivity index (χ4n) is 3.70. The lowest BCUT2D eigenvalue weighted by Gasteiger charge is -2.17. The second kappa shape index (κ2) is 7.28. The van der Waals surface area contributed by atoms with Crippen LogP contribution in [0.5, 0.6) is 0 Å². The minimum atomic E-state index is -0.514. The minimum absolute atomic E-state index is 0.203. The Kier molecular flexibility index (Phi) is 5.07.